The van der Waals surface area contributed by atoms with Crippen molar-refractivity contribution in [1.29, 1.82) is 0 Å². The third kappa shape index (κ3) is 6.51. The van der Waals surface area contributed by atoms with Gasteiger partial charge in [-0.25, -0.2) is 0 Å². The molecule has 2 N–H and O–H groups in total. The second kappa shape index (κ2) is 11.2. The minimum atomic E-state index is -0.614. The molecule has 0 aromatic heterocycles. The lowest BCUT2D eigenvalue weighted by atomic mass is 10.1. The Morgan fingerprint density at radius 1 is 0.867 bits per heavy atom. The lowest BCUT2D eigenvalue weighted by Crippen LogP contribution is -2.40. The largest absolute Gasteiger partial charge is 0.497 e. The van der Waals surface area contributed by atoms with Crippen LogP contribution in [0.2, 0.25) is 0 Å². The Morgan fingerprint density at radius 2 is 1.50 bits per heavy atom. The molecular weight excluding hydrogens is 378 g/mol. The van der Waals surface area contributed by atoms with Gasteiger partial charge >= 0.3 is 11.8 Å². The first-order valence-electron chi connectivity index (χ1n) is 10.7. The predicted molar refractivity (Wildman–Crippen MR) is 119 cm³/mol. The second-order valence-corrected chi connectivity index (χ2v) is 7.60. The first-order valence-corrected chi connectivity index (χ1v) is 10.7. The molecule has 6 heteroatoms. The van der Waals surface area contributed by atoms with Gasteiger partial charge in [-0.1, -0.05) is 24.3 Å². The zero-order valence-electron chi connectivity index (χ0n) is 17.7. The van der Waals surface area contributed by atoms with Crippen LogP contribution in [-0.2, 0) is 22.6 Å². The van der Waals surface area contributed by atoms with Gasteiger partial charge in [0.25, 0.3) is 0 Å². The molecule has 2 aromatic carbocycles. The summed E-state index contributed by atoms with van der Waals surface area (Å²) in [4.78, 5) is 26.3. The van der Waals surface area contributed by atoms with Gasteiger partial charge in [-0.05, 0) is 67.5 Å². The van der Waals surface area contributed by atoms with Crippen molar-refractivity contribution in [3.05, 3.63) is 59.7 Å². The van der Waals surface area contributed by atoms with E-state index in [1.54, 1.807) is 7.11 Å². The smallest absolute Gasteiger partial charge is 0.309 e. The Balaban J connectivity index is 1.33. The monoisotopic (exact) mass is 409 g/mol. The van der Waals surface area contributed by atoms with E-state index in [1.807, 2.05) is 24.3 Å². The van der Waals surface area contributed by atoms with Crippen molar-refractivity contribution in [1.82, 2.24) is 10.6 Å². The van der Waals surface area contributed by atoms with Gasteiger partial charge in [0.05, 0.1) is 7.11 Å². The number of nitrogens with one attached hydrogen (secondary N) is 2. The van der Waals surface area contributed by atoms with Crippen LogP contribution < -0.4 is 20.3 Å². The van der Waals surface area contributed by atoms with Crippen LogP contribution in [0, 0.1) is 0 Å². The number of piperidine rings is 1. The predicted octanol–water partition coefficient (Wildman–Crippen LogP) is 3.05. The van der Waals surface area contributed by atoms with Crippen molar-refractivity contribution in [2.45, 2.75) is 38.6 Å². The highest BCUT2D eigenvalue weighted by atomic mass is 16.5. The summed E-state index contributed by atoms with van der Waals surface area (Å²) in [7, 11) is 1.60. The summed E-state index contributed by atoms with van der Waals surface area (Å²) in [6.07, 6.45) is 5.54. The van der Waals surface area contributed by atoms with Crippen molar-refractivity contribution in [2.75, 3.05) is 31.6 Å². The van der Waals surface area contributed by atoms with E-state index in [9.17, 15) is 9.59 Å². The van der Waals surface area contributed by atoms with Crippen molar-refractivity contribution in [2.24, 2.45) is 0 Å². The van der Waals surface area contributed by atoms with Gasteiger partial charge in [0.1, 0.15) is 5.75 Å². The summed E-state index contributed by atoms with van der Waals surface area (Å²) < 4.78 is 5.10. The zero-order valence-corrected chi connectivity index (χ0v) is 17.7. The number of aryl methyl sites for hydroxylation is 1. The van der Waals surface area contributed by atoms with Gasteiger partial charge in [0, 0.05) is 31.9 Å². The van der Waals surface area contributed by atoms with Crippen LogP contribution in [0.3, 0.4) is 0 Å². The molecule has 1 saturated heterocycles. The molecule has 1 fully saturated rings. The fourth-order valence-corrected chi connectivity index (χ4v) is 3.61. The lowest BCUT2D eigenvalue weighted by Gasteiger charge is -2.28. The normalized spacial score (nSPS) is 13.6. The molecule has 2 amide bonds. The van der Waals surface area contributed by atoms with Crippen LogP contribution in [0.4, 0.5) is 5.69 Å². The van der Waals surface area contributed by atoms with Gasteiger partial charge in [0.2, 0.25) is 0 Å². The fourth-order valence-electron chi connectivity index (χ4n) is 3.61. The minimum Gasteiger partial charge on any atom is -0.497 e. The number of benzene rings is 2. The molecule has 0 atom stereocenters. The third-order valence-corrected chi connectivity index (χ3v) is 5.40. The third-order valence-electron chi connectivity index (χ3n) is 5.40. The first kappa shape index (κ1) is 21.7. The van der Waals surface area contributed by atoms with E-state index in [0.717, 1.165) is 37.2 Å². The van der Waals surface area contributed by atoms with Crippen LogP contribution in [0.5, 0.6) is 5.75 Å². The molecule has 6 nitrogen and oxygen atoms in total. The molecule has 30 heavy (non-hydrogen) atoms. The van der Waals surface area contributed by atoms with E-state index in [2.05, 4.69) is 39.8 Å². The highest BCUT2D eigenvalue weighted by Gasteiger charge is 2.13. The minimum absolute atomic E-state index is 0.305. The maximum Gasteiger partial charge on any atom is 0.309 e. The molecule has 0 unspecified atom stereocenters. The summed E-state index contributed by atoms with van der Waals surface area (Å²) in [5.41, 5.74) is 3.44. The molecule has 0 saturated carbocycles. The molecule has 1 aliphatic rings. The number of anilines is 1. The quantitative estimate of drug-likeness (QED) is 0.519. The van der Waals surface area contributed by atoms with Gasteiger partial charge < -0.3 is 20.3 Å². The van der Waals surface area contributed by atoms with Crippen molar-refractivity contribution in [3.8, 4) is 5.75 Å². The van der Waals surface area contributed by atoms with Gasteiger partial charge in [0.15, 0.2) is 0 Å². The molecule has 0 spiro atoms. The molecule has 3 rings (SSSR count). The Morgan fingerprint density at radius 3 is 2.17 bits per heavy atom. The SMILES string of the molecule is COc1ccc(CNC(=O)C(=O)NCCCc2ccc(N3CCCCC3)cc2)cc1. The number of carbonyl (C=O) groups excluding carboxylic acids is 2. The summed E-state index contributed by atoms with van der Waals surface area (Å²) in [6.45, 7) is 3.07. The average molecular weight is 410 g/mol. The van der Waals surface area contributed by atoms with E-state index in [-0.39, 0.29) is 0 Å². The molecule has 0 radical (unpaired) electrons. The van der Waals surface area contributed by atoms with Crippen LogP contribution in [0.15, 0.2) is 48.5 Å². The van der Waals surface area contributed by atoms with Crippen LogP contribution in [-0.4, -0.2) is 38.6 Å². The standard InChI is InChI=1S/C24H31N3O3/c1-30-22-13-9-20(10-14-22)18-26-24(29)23(28)25-15-5-6-19-7-11-21(12-8-19)27-16-3-2-4-17-27/h7-14H,2-6,15-18H2,1H3,(H,25,28)(H,26,29). The molecule has 1 aliphatic heterocycles. The Bertz CT molecular complexity index is 813. The Labute approximate surface area is 178 Å². The van der Waals surface area contributed by atoms with Crippen molar-refractivity contribution < 1.29 is 14.3 Å². The van der Waals surface area contributed by atoms with Gasteiger partial charge in [-0.2, -0.15) is 0 Å². The summed E-state index contributed by atoms with van der Waals surface area (Å²) in [5, 5.41) is 5.33. The number of rotatable bonds is 8. The van der Waals surface area contributed by atoms with Gasteiger partial charge in [-0.3, -0.25) is 9.59 Å². The van der Waals surface area contributed by atoms with E-state index in [1.165, 1.54) is 30.5 Å². The molecule has 1 heterocycles. The first-order chi connectivity index (χ1) is 14.7. The van der Waals surface area contributed by atoms with E-state index in [0.29, 0.717) is 13.1 Å². The number of methoxy groups -OCH3 is 1. The second-order valence-electron chi connectivity index (χ2n) is 7.60. The van der Waals surface area contributed by atoms with E-state index >= 15 is 0 Å². The number of hydrogen-bond acceptors (Lipinski definition) is 4. The maximum absolute atomic E-state index is 11.9. The average Bonchev–Trinajstić information content (AvgIpc) is 2.81. The molecule has 0 bridgehead atoms. The Hall–Kier alpha value is -3.02. The number of hydrogen-bond donors (Lipinski definition) is 2. The van der Waals surface area contributed by atoms with Crippen LogP contribution >= 0.6 is 0 Å². The number of amides is 2. The number of ether oxygens (including phenoxy) is 1. The Kier molecular flexibility index (Phi) is 8.12. The van der Waals surface area contributed by atoms with Crippen molar-refractivity contribution in [3.63, 3.8) is 0 Å². The summed E-state index contributed by atoms with van der Waals surface area (Å²) >= 11 is 0. The van der Waals surface area contributed by atoms with Crippen LogP contribution in [0.1, 0.15) is 36.8 Å². The lowest BCUT2D eigenvalue weighted by molar-refractivity contribution is -0.139. The van der Waals surface area contributed by atoms with E-state index < -0.39 is 11.8 Å². The fraction of sp³-hybridized carbons (Fsp3) is 0.417. The number of nitrogens with zero attached hydrogens (tertiary/aromatic N) is 1. The molecule has 0 aliphatic carbocycles. The topological polar surface area (TPSA) is 70.7 Å². The maximum atomic E-state index is 11.9. The summed E-state index contributed by atoms with van der Waals surface area (Å²) in [6, 6.07) is 16.0. The molecule has 160 valence electrons. The zero-order chi connectivity index (χ0) is 21.2. The highest BCUT2D eigenvalue weighted by molar-refractivity contribution is 6.35. The summed E-state index contributed by atoms with van der Waals surface area (Å²) in [5.74, 6) is -0.454. The van der Waals surface area contributed by atoms with Crippen molar-refractivity contribution >= 4 is 17.5 Å². The van der Waals surface area contributed by atoms with Gasteiger partial charge in [-0.15, -0.1) is 0 Å². The number of carbonyl (C=O) groups is 2. The highest BCUT2D eigenvalue weighted by Crippen LogP contribution is 2.20. The van der Waals surface area contributed by atoms with E-state index in [4.69, 9.17) is 4.74 Å². The van der Waals surface area contributed by atoms with Crippen LogP contribution in [0.25, 0.3) is 0 Å². The molecular formula is C24H31N3O3. The molecule has 2 aromatic rings.